The zero-order valence-corrected chi connectivity index (χ0v) is 18.8. The van der Waals surface area contributed by atoms with Gasteiger partial charge in [0.2, 0.25) is 5.91 Å². The molecule has 1 N–H and O–H groups in total. The minimum absolute atomic E-state index is 0.151. The van der Waals surface area contributed by atoms with E-state index in [1.165, 1.54) is 11.5 Å². The number of nitrogens with zero attached hydrogens (tertiary/aromatic N) is 3. The van der Waals surface area contributed by atoms with Crippen LogP contribution in [0.1, 0.15) is 52.4 Å². The summed E-state index contributed by atoms with van der Waals surface area (Å²) in [6, 6.07) is 3.58. The normalized spacial score (nSPS) is 21.6. The number of rotatable bonds is 4. The van der Waals surface area contributed by atoms with Crippen molar-refractivity contribution in [1.29, 1.82) is 0 Å². The van der Waals surface area contributed by atoms with Crippen molar-refractivity contribution in [2.45, 2.75) is 38.9 Å². The SMILES string of the molecule is Cc1c(C(O)CN2CCC3(CC2)CCN(c2sncc2Cl)C3=O)ccc2c1COC2=O. The van der Waals surface area contributed by atoms with E-state index in [9.17, 15) is 14.7 Å². The van der Waals surface area contributed by atoms with Gasteiger partial charge in [-0.2, -0.15) is 4.37 Å². The lowest BCUT2D eigenvalue weighted by Crippen LogP contribution is -2.45. The summed E-state index contributed by atoms with van der Waals surface area (Å²) >= 11 is 7.46. The van der Waals surface area contributed by atoms with Crippen molar-refractivity contribution in [2.24, 2.45) is 5.41 Å². The summed E-state index contributed by atoms with van der Waals surface area (Å²) in [5.41, 5.74) is 2.89. The van der Waals surface area contributed by atoms with E-state index in [0.29, 0.717) is 23.7 Å². The molecule has 2 fully saturated rings. The van der Waals surface area contributed by atoms with Crippen LogP contribution < -0.4 is 4.90 Å². The first kappa shape index (κ1) is 20.9. The van der Waals surface area contributed by atoms with Crippen LogP contribution in [0.4, 0.5) is 5.00 Å². The summed E-state index contributed by atoms with van der Waals surface area (Å²) < 4.78 is 9.21. The van der Waals surface area contributed by atoms with E-state index >= 15 is 0 Å². The summed E-state index contributed by atoms with van der Waals surface area (Å²) in [7, 11) is 0. The van der Waals surface area contributed by atoms with E-state index in [2.05, 4.69) is 9.27 Å². The number of esters is 1. The van der Waals surface area contributed by atoms with Crippen LogP contribution in [-0.2, 0) is 16.1 Å². The number of ether oxygens (including phenoxy) is 1. The number of halogens is 1. The highest BCUT2D eigenvalue weighted by Gasteiger charge is 2.49. The van der Waals surface area contributed by atoms with Crippen LogP contribution in [0.15, 0.2) is 18.3 Å². The largest absolute Gasteiger partial charge is 0.457 e. The molecule has 4 heterocycles. The van der Waals surface area contributed by atoms with Crippen LogP contribution >= 0.6 is 23.1 Å². The summed E-state index contributed by atoms with van der Waals surface area (Å²) in [6.45, 7) is 4.91. The van der Waals surface area contributed by atoms with Crippen molar-refractivity contribution in [3.8, 4) is 0 Å². The molecule has 3 aliphatic heterocycles. The van der Waals surface area contributed by atoms with Gasteiger partial charge in [-0.05, 0) is 68.0 Å². The highest BCUT2D eigenvalue weighted by Crippen LogP contribution is 2.45. The molecule has 1 unspecified atom stereocenters. The average molecular weight is 462 g/mol. The maximum atomic E-state index is 13.2. The molecule has 164 valence electrons. The molecular formula is C22H24ClN3O4S. The second-order valence-corrected chi connectivity index (χ2v) is 9.85. The van der Waals surface area contributed by atoms with E-state index in [1.807, 2.05) is 13.0 Å². The third kappa shape index (κ3) is 3.46. The molecule has 0 saturated carbocycles. The standard InChI is InChI=1S/C22H24ClN3O4S/c1-13-14(2-3-15-16(13)12-30-20(15)28)18(27)11-25-7-4-22(5-8-25)6-9-26(21(22)29)19-17(23)10-24-31-19/h2-3,10,18,27H,4-9,11-12H2,1H3. The number of carbonyl (C=O) groups excluding carboxylic acids is 2. The number of hydrogen-bond acceptors (Lipinski definition) is 7. The fourth-order valence-corrected chi connectivity index (χ4v) is 6.10. The van der Waals surface area contributed by atoms with Gasteiger partial charge in [-0.15, -0.1) is 0 Å². The number of amides is 1. The van der Waals surface area contributed by atoms with Crippen molar-refractivity contribution in [2.75, 3.05) is 31.1 Å². The van der Waals surface area contributed by atoms with E-state index in [0.717, 1.165) is 54.0 Å². The van der Waals surface area contributed by atoms with E-state index in [4.69, 9.17) is 16.3 Å². The Kier molecular flexibility index (Phi) is 5.29. The van der Waals surface area contributed by atoms with Crippen molar-refractivity contribution < 1.29 is 19.4 Å². The molecule has 2 saturated heterocycles. The Labute approximate surface area is 189 Å². The van der Waals surface area contributed by atoms with E-state index in [1.54, 1.807) is 17.2 Å². The number of benzene rings is 1. The lowest BCUT2D eigenvalue weighted by Gasteiger charge is -2.38. The van der Waals surface area contributed by atoms with Crippen molar-refractivity contribution in [3.05, 3.63) is 45.6 Å². The van der Waals surface area contributed by atoms with Crippen LogP contribution in [0.5, 0.6) is 0 Å². The van der Waals surface area contributed by atoms with Crippen LogP contribution in [0.2, 0.25) is 5.02 Å². The number of cyclic esters (lactones) is 1. The van der Waals surface area contributed by atoms with Gasteiger partial charge < -0.3 is 19.6 Å². The Hall–Kier alpha value is -2.00. The molecule has 31 heavy (non-hydrogen) atoms. The molecule has 7 nitrogen and oxygen atoms in total. The Balaban J connectivity index is 1.23. The Morgan fingerprint density at radius 3 is 2.71 bits per heavy atom. The highest BCUT2D eigenvalue weighted by molar-refractivity contribution is 7.11. The van der Waals surface area contributed by atoms with Crippen molar-refractivity contribution in [3.63, 3.8) is 0 Å². The maximum Gasteiger partial charge on any atom is 0.338 e. The number of β-amino-alcohol motifs (C(OH)–C–C–N with tert-alkyl or cyclic N) is 1. The zero-order chi connectivity index (χ0) is 21.8. The quantitative estimate of drug-likeness (QED) is 0.703. The maximum absolute atomic E-state index is 13.2. The van der Waals surface area contributed by atoms with Gasteiger partial charge in [-0.3, -0.25) is 4.79 Å². The van der Waals surface area contributed by atoms with Gasteiger partial charge >= 0.3 is 5.97 Å². The van der Waals surface area contributed by atoms with Crippen LogP contribution in [0.25, 0.3) is 0 Å². The van der Waals surface area contributed by atoms with Crippen molar-refractivity contribution in [1.82, 2.24) is 9.27 Å². The number of aliphatic hydroxyl groups is 1. The summed E-state index contributed by atoms with van der Waals surface area (Å²) in [6.07, 6.45) is 3.32. The predicted molar refractivity (Wildman–Crippen MR) is 117 cm³/mol. The van der Waals surface area contributed by atoms with Crippen molar-refractivity contribution >= 4 is 40.0 Å². The fourth-order valence-electron chi connectivity index (χ4n) is 5.11. The fraction of sp³-hybridized carbons (Fsp3) is 0.500. The third-order valence-electron chi connectivity index (χ3n) is 7.08. The number of aliphatic hydroxyl groups excluding tert-OH is 1. The zero-order valence-electron chi connectivity index (χ0n) is 17.3. The number of hydrogen-bond donors (Lipinski definition) is 1. The first-order valence-electron chi connectivity index (χ1n) is 10.5. The molecular weight excluding hydrogens is 438 g/mol. The van der Waals surface area contributed by atoms with Gasteiger partial charge in [0.05, 0.1) is 28.3 Å². The number of anilines is 1. The smallest absolute Gasteiger partial charge is 0.338 e. The molecule has 1 aromatic heterocycles. The van der Waals surface area contributed by atoms with Crippen LogP contribution in [0, 0.1) is 12.3 Å². The summed E-state index contributed by atoms with van der Waals surface area (Å²) in [5.74, 6) is -0.145. The molecule has 0 radical (unpaired) electrons. The Morgan fingerprint density at radius 2 is 2.00 bits per heavy atom. The molecule has 5 rings (SSSR count). The van der Waals surface area contributed by atoms with E-state index < -0.39 is 6.10 Å². The molecule has 1 spiro atoms. The molecule has 1 aromatic carbocycles. The van der Waals surface area contributed by atoms with Gasteiger partial charge in [-0.25, -0.2) is 4.79 Å². The molecule has 1 amide bonds. The Bertz CT molecular complexity index is 1050. The minimum atomic E-state index is -0.651. The highest BCUT2D eigenvalue weighted by atomic mass is 35.5. The van der Waals surface area contributed by atoms with E-state index in [-0.39, 0.29) is 23.9 Å². The first-order chi connectivity index (χ1) is 14.9. The lowest BCUT2D eigenvalue weighted by molar-refractivity contribution is -0.128. The summed E-state index contributed by atoms with van der Waals surface area (Å²) in [5, 5.41) is 12.2. The third-order valence-corrected chi connectivity index (χ3v) is 8.29. The number of piperidine rings is 1. The van der Waals surface area contributed by atoms with Gasteiger partial charge in [0, 0.05) is 18.7 Å². The van der Waals surface area contributed by atoms with Gasteiger partial charge in [0.1, 0.15) is 11.6 Å². The van der Waals surface area contributed by atoms with Gasteiger partial charge in [0.25, 0.3) is 0 Å². The predicted octanol–water partition coefficient (Wildman–Crippen LogP) is 3.33. The van der Waals surface area contributed by atoms with Gasteiger partial charge in [-0.1, -0.05) is 17.7 Å². The Morgan fingerprint density at radius 1 is 1.26 bits per heavy atom. The second-order valence-electron chi connectivity index (χ2n) is 8.66. The van der Waals surface area contributed by atoms with Crippen LogP contribution in [-0.4, -0.2) is 52.4 Å². The lowest BCUT2D eigenvalue weighted by atomic mass is 9.77. The summed E-state index contributed by atoms with van der Waals surface area (Å²) in [4.78, 5) is 29.0. The number of likely N-dealkylation sites (tertiary alicyclic amines) is 1. The minimum Gasteiger partial charge on any atom is -0.457 e. The molecule has 9 heteroatoms. The number of fused-ring (bicyclic) bond motifs is 1. The topological polar surface area (TPSA) is 83.0 Å². The molecule has 0 bridgehead atoms. The molecule has 2 aromatic rings. The van der Waals surface area contributed by atoms with Gasteiger partial charge in [0.15, 0.2) is 0 Å². The molecule has 1 atom stereocenters. The van der Waals surface area contributed by atoms with Crippen LogP contribution in [0.3, 0.4) is 0 Å². The number of carbonyl (C=O) groups is 2. The molecule has 0 aliphatic carbocycles. The molecule has 3 aliphatic rings. The second kappa shape index (κ2) is 7.85. The number of aromatic nitrogens is 1. The first-order valence-corrected chi connectivity index (χ1v) is 11.7. The monoisotopic (exact) mass is 461 g/mol. The average Bonchev–Trinajstić information content (AvgIpc) is 3.43.